The van der Waals surface area contributed by atoms with Crippen LogP contribution in [-0.2, 0) is 0 Å². The maximum atomic E-state index is 11.7. The van der Waals surface area contributed by atoms with Crippen LogP contribution in [0.25, 0.3) is 0 Å². The summed E-state index contributed by atoms with van der Waals surface area (Å²) in [6.45, 7) is 2.35. The van der Waals surface area contributed by atoms with Gasteiger partial charge in [-0.2, -0.15) is 0 Å². The zero-order chi connectivity index (χ0) is 13.0. The highest BCUT2D eigenvalue weighted by molar-refractivity contribution is 9.10. The van der Waals surface area contributed by atoms with E-state index < -0.39 is 4.92 Å². The van der Waals surface area contributed by atoms with Crippen molar-refractivity contribution < 1.29 is 9.72 Å². The molecule has 1 N–H and O–H groups in total. The van der Waals surface area contributed by atoms with Crippen molar-refractivity contribution in [3.63, 3.8) is 0 Å². The molecular formula is C10H10Br2N2O3. The summed E-state index contributed by atoms with van der Waals surface area (Å²) in [6.07, 6.45) is 0. The van der Waals surface area contributed by atoms with Crippen molar-refractivity contribution in [2.24, 2.45) is 0 Å². The Morgan fingerprint density at radius 3 is 2.71 bits per heavy atom. The van der Waals surface area contributed by atoms with Gasteiger partial charge in [0.1, 0.15) is 0 Å². The minimum absolute atomic E-state index is 0.114. The standard InChI is InChI=1S/C10H10Br2N2O3/c1-6(11)5-13-10(15)7-2-8(12)4-9(3-7)14(16)17/h2-4,6H,5H2,1H3,(H,13,15). The van der Waals surface area contributed by atoms with E-state index in [9.17, 15) is 14.9 Å². The second-order valence-electron chi connectivity index (χ2n) is 3.45. The number of hydrogen-bond donors (Lipinski definition) is 1. The van der Waals surface area contributed by atoms with Gasteiger partial charge in [-0.05, 0) is 6.07 Å². The fourth-order valence-electron chi connectivity index (χ4n) is 1.15. The van der Waals surface area contributed by atoms with E-state index in [0.29, 0.717) is 11.0 Å². The zero-order valence-corrected chi connectivity index (χ0v) is 12.1. The van der Waals surface area contributed by atoms with Crippen molar-refractivity contribution in [3.05, 3.63) is 38.3 Å². The van der Waals surface area contributed by atoms with Crippen molar-refractivity contribution >= 4 is 43.5 Å². The number of non-ortho nitro benzene ring substituents is 1. The molecule has 92 valence electrons. The third kappa shape index (κ3) is 4.43. The number of halogens is 2. The number of nitro benzene ring substituents is 1. The van der Waals surface area contributed by atoms with Crippen LogP contribution in [0, 0.1) is 10.1 Å². The molecule has 1 atom stereocenters. The number of carbonyl (C=O) groups is 1. The first-order chi connectivity index (χ1) is 7.90. The molecule has 1 aromatic rings. The topological polar surface area (TPSA) is 72.2 Å². The van der Waals surface area contributed by atoms with Crippen LogP contribution in [0.4, 0.5) is 5.69 Å². The third-order valence-electron chi connectivity index (χ3n) is 1.90. The zero-order valence-electron chi connectivity index (χ0n) is 8.94. The summed E-state index contributed by atoms with van der Waals surface area (Å²) in [7, 11) is 0. The number of amides is 1. The predicted octanol–water partition coefficient (Wildman–Crippen LogP) is 2.87. The Labute approximate surface area is 115 Å². The largest absolute Gasteiger partial charge is 0.351 e. The minimum atomic E-state index is -0.533. The molecule has 17 heavy (non-hydrogen) atoms. The summed E-state index contributed by atoms with van der Waals surface area (Å²) in [5.74, 6) is -0.333. The Kier molecular flexibility index (Phi) is 5.07. The van der Waals surface area contributed by atoms with Crippen LogP contribution in [0.1, 0.15) is 17.3 Å². The summed E-state index contributed by atoms with van der Waals surface area (Å²) in [4.78, 5) is 22.0. The monoisotopic (exact) mass is 364 g/mol. The van der Waals surface area contributed by atoms with E-state index in [2.05, 4.69) is 37.2 Å². The molecule has 1 aromatic carbocycles. The van der Waals surface area contributed by atoms with Crippen LogP contribution in [0.2, 0.25) is 0 Å². The number of nitro groups is 1. The van der Waals surface area contributed by atoms with Gasteiger partial charge in [0.15, 0.2) is 0 Å². The van der Waals surface area contributed by atoms with E-state index in [-0.39, 0.29) is 22.0 Å². The molecule has 0 aromatic heterocycles. The van der Waals surface area contributed by atoms with Crippen LogP contribution in [0.15, 0.2) is 22.7 Å². The van der Waals surface area contributed by atoms with Gasteiger partial charge in [-0.25, -0.2) is 0 Å². The molecule has 1 unspecified atom stereocenters. The summed E-state index contributed by atoms with van der Waals surface area (Å²) in [6, 6.07) is 4.14. The Balaban J connectivity index is 2.90. The molecule has 5 nitrogen and oxygen atoms in total. The van der Waals surface area contributed by atoms with Crippen molar-refractivity contribution in [3.8, 4) is 0 Å². The van der Waals surface area contributed by atoms with E-state index in [1.54, 1.807) is 6.07 Å². The highest BCUT2D eigenvalue weighted by Gasteiger charge is 2.13. The van der Waals surface area contributed by atoms with Gasteiger partial charge in [-0.1, -0.05) is 38.8 Å². The highest BCUT2D eigenvalue weighted by atomic mass is 79.9. The molecule has 0 saturated heterocycles. The highest BCUT2D eigenvalue weighted by Crippen LogP contribution is 2.21. The molecule has 0 aliphatic heterocycles. The average molecular weight is 366 g/mol. The fraction of sp³-hybridized carbons (Fsp3) is 0.300. The molecule has 0 aliphatic carbocycles. The molecule has 0 fully saturated rings. The lowest BCUT2D eigenvalue weighted by atomic mass is 10.2. The molecular weight excluding hydrogens is 356 g/mol. The number of carbonyl (C=O) groups excluding carboxylic acids is 1. The molecule has 0 bridgehead atoms. The second kappa shape index (κ2) is 6.11. The van der Waals surface area contributed by atoms with Gasteiger partial charge in [0.05, 0.1) is 4.92 Å². The van der Waals surface area contributed by atoms with Crippen LogP contribution in [0.3, 0.4) is 0 Å². The summed E-state index contributed by atoms with van der Waals surface area (Å²) < 4.78 is 0.503. The first-order valence-corrected chi connectivity index (χ1v) is 6.48. The van der Waals surface area contributed by atoms with Gasteiger partial charge in [0, 0.05) is 33.5 Å². The van der Waals surface area contributed by atoms with Gasteiger partial charge in [0.25, 0.3) is 11.6 Å². The number of nitrogens with one attached hydrogen (secondary N) is 1. The second-order valence-corrected chi connectivity index (χ2v) is 5.92. The fourth-order valence-corrected chi connectivity index (χ4v) is 1.79. The SMILES string of the molecule is CC(Br)CNC(=O)c1cc(Br)cc([N+](=O)[O-])c1. The van der Waals surface area contributed by atoms with E-state index in [0.717, 1.165) is 0 Å². The van der Waals surface area contributed by atoms with Crippen LogP contribution in [0.5, 0.6) is 0 Å². The molecule has 0 radical (unpaired) electrons. The molecule has 1 rings (SSSR count). The van der Waals surface area contributed by atoms with E-state index in [4.69, 9.17) is 0 Å². The number of alkyl halides is 1. The summed E-state index contributed by atoms with van der Waals surface area (Å²) in [5.41, 5.74) is 0.149. The Morgan fingerprint density at radius 1 is 1.53 bits per heavy atom. The van der Waals surface area contributed by atoms with Gasteiger partial charge < -0.3 is 5.32 Å². The maximum Gasteiger partial charge on any atom is 0.271 e. The van der Waals surface area contributed by atoms with Gasteiger partial charge in [-0.3, -0.25) is 14.9 Å². The molecule has 0 aliphatic rings. The quantitative estimate of drug-likeness (QED) is 0.506. The summed E-state index contributed by atoms with van der Waals surface area (Å²) >= 11 is 6.43. The molecule has 7 heteroatoms. The average Bonchev–Trinajstić information content (AvgIpc) is 2.24. The number of benzene rings is 1. The normalized spacial score (nSPS) is 11.9. The van der Waals surface area contributed by atoms with Crippen LogP contribution in [-0.4, -0.2) is 22.2 Å². The van der Waals surface area contributed by atoms with Crippen LogP contribution < -0.4 is 5.32 Å². The molecule has 0 spiro atoms. The Bertz CT molecular complexity index is 449. The predicted molar refractivity (Wildman–Crippen MR) is 71.5 cm³/mol. The molecule has 0 heterocycles. The lowest BCUT2D eigenvalue weighted by Crippen LogP contribution is -2.28. The van der Waals surface area contributed by atoms with Gasteiger partial charge in [0.2, 0.25) is 0 Å². The molecule has 0 saturated carbocycles. The van der Waals surface area contributed by atoms with E-state index >= 15 is 0 Å². The number of hydrogen-bond acceptors (Lipinski definition) is 3. The van der Waals surface area contributed by atoms with Crippen molar-refractivity contribution in [2.75, 3.05) is 6.54 Å². The first-order valence-electron chi connectivity index (χ1n) is 4.77. The maximum absolute atomic E-state index is 11.7. The number of nitrogens with zero attached hydrogens (tertiary/aromatic N) is 1. The van der Waals surface area contributed by atoms with Crippen molar-refractivity contribution in [1.82, 2.24) is 5.32 Å². The Hall–Kier alpha value is -0.950. The smallest absolute Gasteiger partial charge is 0.271 e. The lowest BCUT2D eigenvalue weighted by molar-refractivity contribution is -0.385. The Morgan fingerprint density at radius 2 is 2.18 bits per heavy atom. The molecule has 1 amide bonds. The summed E-state index contributed by atoms with van der Waals surface area (Å²) in [5, 5.41) is 13.3. The first kappa shape index (κ1) is 14.1. The third-order valence-corrected chi connectivity index (χ3v) is 2.68. The minimum Gasteiger partial charge on any atom is -0.351 e. The van der Waals surface area contributed by atoms with Crippen LogP contribution >= 0.6 is 31.9 Å². The van der Waals surface area contributed by atoms with E-state index in [1.165, 1.54) is 12.1 Å². The number of rotatable bonds is 4. The van der Waals surface area contributed by atoms with Gasteiger partial charge >= 0.3 is 0 Å². The van der Waals surface area contributed by atoms with Crippen molar-refractivity contribution in [1.29, 1.82) is 0 Å². The lowest BCUT2D eigenvalue weighted by Gasteiger charge is -2.06. The van der Waals surface area contributed by atoms with Gasteiger partial charge in [-0.15, -0.1) is 0 Å². The van der Waals surface area contributed by atoms with Crippen molar-refractivity contribution in [2.45, 2.75) is 11.8 Å². The van der Waals surface area contributed by atoms with E-state index in [1.807, 2.05) is 6.92 Å².